The lowest BCUT2D eigenvalue weighted by atomic mass is 9.98. The fraction of sp³-hybridized carbons (Fsp3) is 0.304. The van der Waals surface area contributed by atoms with Crippen LogP contribution in [0.15, 0.2) is 54.0 Å². The van der Waals surface area contributed by atoms with Crippen LogP contribution in [0.5, 0.6) is 0 Å². The first-order valence-corrected chi connectivity index (χ1v) is 11.8. The molecular formula is C23H23BClN5S. The van der Waals surface area contributed by atoms with Gasteiger partial charge in [-0.15, -0.1) is 11.3 Å². The van der Waals surface area contributed by atoms with Crippen LogP contribution >= 0.6 is 22.9 Å². The lowest BCUT2D eigenvalue weighted by Gasteiger charge is -2.32. The Morgan fingerprint density at radius 2 is 2.13 bits per heavy atom. The number of hydrogen-bond donors (Lipinski definition) is 1. The van der Waals surface area contributed by atoms with Crippen molar-refractivity contribution >= 4 is 47.7 Å². The molecule has 4 heterocycles. The third-order valence-corrected chi connectivity index (χ3v) is 6.97. The van der Waals surface area contributed by atoms with Crippen LogP contribution in [-0.2, 0) is 6.54 Å². The summed E-state index contributed by atoms with van der Waals surface area (Å²) in [7, 11) is 6.14. The normalized spacial score (nSPS) is 17.3. The van der Waals surface area contributed by atoms with E-state index in [1.807, 2.05) is 41.7 Å². The molecule has 0 amide bonds. The van der Waals surface area contributed by atoms with Crippen molar-refractivity contribution in [1.29, 1.82) is 0 Å². The predicted octanol–water partition coefficient (Wildman–Crippen LogP) is 4.23. The van der Waals surface area contributed by atoms with Gasteiger partial charge in [-0.1, -0.05) is 35.9 Å². The average Bonchev–Trinajstić information content (AvgIpc) is 3.43. The van der Waals surface area contributed by atoms with E-state index in [1.54, 1.807) is 10.7 Å². The van der Waals surface area contributed by atoms with Gasteiger partial charge in [0.25, 0.3) is 0 Å². The number of rotatable bonds is 6. The van der Waals surface area contributed by atoms with Gasteiger partial charge in [-0.3, -0.25) is 4.90 Å². The Balaban J connectivity index is 1.35. The number of hydrogen-bond acceptors (Lipinski definition) is 5. The minimum atomic E-state index is 0.553. The fourth-order valence-electron chi connectivity index (χ4n) is 4.25. The van der Waals surface area contributed by atoms with Gasteiger partial charge in [0.1, 0.15) is 13.7 Å². The van der Waals surface area contributed by atoms with Crippen LogP contribution in [0.2, 0.25) is 5.02 Å². The molecule has 5 rings (SSSR count). The van der Waals surface area contributed by atoms with Gasteiger partial charge in [-0.05, 0) is 48.3 Å². The summed E-state index contributed by atoms with van der Waals surface area (Å²) in [6.07, 6.45) is 4.09. The van der Waals surface area contributed by atoms with Gasteiger partial charge in [0, 0.05) is 47.4 Å². The van der Waals surface area contributed by atoms with Crippen molar-refractivity contribution in [2.24, 2.45) is 5.92 Å². The number of nitrogens with zero attached hydrogens (tertiary/aromatic N) is 4. The SMILES string of the molecule is [B]c1cnn2c(NCC3CCCN(Cc4cccs4)C3)cc(-c3ccccc3Cl)nc12. The highest BCUT2D eigenvalue weighted by Gasteiger charge is 2.21. The molecule has 2 radical (unpaired) electrons. The van der Waals surface area contributed by atoms with Crippen molar-refractivity contribution < 1.29 is 0 Å². The summed E-state index contributed by atoms with van der Waals surface area (Å²) in [6, 6.07) is 14.1. The Bertz CT molecular complexity index is 1180. The third kappa shape index (κ3) is 4.49. The highest BCUT2D eigenvalue weighted by Crippen LogP contribution is 2.28. The molecular weight excluding hydrogens is 425 g/mol. The first-order valence-electron chi connectivity index (χ1n) is 10.5. The van der Waals surface area contributed by atoms with Crippen LogP contribution in [0.1, 0.15) is 17.7 Å². The largest absolute Gasteiger partial charge is 0.370 e. The zero-order valence-electron chi connectivity index (χ0n) is 17.2. The van der Waals surface area contributed by atoms with E-state index < -0.39 is 0 Å². The van der Waals surface area contributed by atoms with Crippen LogP contribution in [0.4, 0.5) is 5.82 Å². The molecule has 8 heteroatoms. The quantitative estimate of drug-likeness (QED) is 0.449. The van der Waals surface area contributed by atoms with Gasteiger partial charge in [-0.25, -0.2) is 4.98 Å². The molecule has 0 saturated carbocycles. The molecule has 1 atom stereocenters. The molecule has 1 fully saturated rings. The molecule has 1 N–H and O–H groups in total. The van der Waals surface area contributed by atoms with Crippen LogP contribution < -0.4 is 10.8 Å². The molecule has 1 aromatic carbocycles. The molecule has 0 spiro atoms. The van der Waals surface area contributed by atoms with Gasteiger partial charge < -0.3 is 5.32 Å². The number of aromatic nitrogens is 3. The molecule has 0 aliphatic carbocycles. The first-order chi connectivity index (χ1) is 15.2. The van der Waals surface area contributed by atoms with E-state index in [0.29, 0.717) is 22.1 Å². The molecule has 31 heavy (non-hydrogen) atoms. The smallest absolute Gasteiger partial charge is 0.150 e. The van der Waals surface area contributed by atoms with Crippen molar-refractivity contribution in [3.05, 3.63) is 63.9 Å². The van der Waals surface area contributed by atoms with Crippen LogP contribution in [0.25, 0.3) is 16.9 Å². The van der Waals surface area contributed by atoms with Crippen molar-refractivity contribution in [3.8, 4) is 11.3 Å². The van der Waals surface area contributed by atoms with Crippen molar-refractivity contribution in [2.75, 3.05) is 25.0 Å². The summed E-state index contributed by atoms with van der Waals surface area (Å²) in [5.74, 6) is 1.46. The number of thiophene rings is 1. The maximum absolute atomic E-state index is 6.43. The maximum atomic E-state index is 6.43. The summed E-state index contributed by atoms with van der Waals surface area (Å²) in [5.41, 5.74) is 2.87. The molecule has 0 bridgehead atoms. The number of halogens is 1. The number of fused-ring (bicyclic) bond motifs is 1. The van der Waals surface area contributed by atoms with Crippen molar-refractivity contribution in [3.63, 3.8) is 0 Å². The number of piperidine rings is 1. The molecule has 1 aliphatic heterocycles. The van der Waals surface area contributed by atoms with Gasteiger partial charge >= 0.3 is 0 Å². The average molecular weight is 448 g/mol. The molecule has 1 unspecified atom stereocenters. The fourth-order valence-corrected chi connectivity index (χ4v) is 5.22. The molecule has 1 saturated heterocycles. The lowest BCUT2D eigenvalue weighted by molar-refractivity contribution is 0.174. The van der Waals surface area contributed by atoms with Crippen LogP contribution in [0, 0.1) is 5.92 Å². The molecule has 156 valence electrons. The Morgan fingerprint density at radius 3 is 2.97 bits per heavy atom. The van der Waals surface area contributed by atoms with Gasteiger partial charge in [0.15, 0.2) is 5.65 Å². The lowest BCUT2D eigenvalue weighted by Crippen LogP contribution is -2.37. The van der Waals surface area contributed by atoms with E-state index in [0.717, 1.165) is 36.7 Å². The third-order valence-electron chi connectivity index (χ3n) is 5.78. The highest BCUT2D eigenvalue weighted by molar-refractivity contribution is 7.09. The Morgan fingerprint density at radius 1 is 1.23 bits per heavy atom. The summed E-state index contributed by atoms with van der Waals surface area (Å²) in [5, 5.41) is 10.9. The molecule has 3 aromatic heterocycles. The highest BCUT2D eigenvalue weighted by atomic mass is 35.5. The molecule has 4 aromatic rings. The van der Waals surface area contributed by atoms with Crippen molar-refractivity contribution in [1.82, 2.24) is 19.5 Å². The van der Waals surface area contributed by atoms with Gasteiger partial charge in [-0.2, -0.15) is 9.61 Å². The maximum Gasteiger partial charge on any atom is 0.150 e. The van der Waals surface area contributed by atoms with E-state index in [4.69, 9.17) is 24.4 Å². The standard InChI is InChI=1S/C23H23BClN5S/c24-19-13-27-30-22(11-21(28-23(19)30)18-7-1-2-8-20(18)25)26-12-16-5-3-9-29(14-16)15-17-6-4-10-31-17/h1-2,4,6-8,10-11,13,16,26H,3,5,9,12,14-15H2. The molecule has 5 nitrogen and oxygen atoms in total. The minimum absolute atomic E-state index is 0.553. The van der Waals surface area contributed by atoms with Crippen LogP contribution in [0.3, 0.4) is 0 Å². The van der Waals surface area contributed by atoms with Crippen LogP contribution in [-0.4, -0.2) is 47.0 Å². The van der Waals surface area contributed by atoms with Gasteiger partial charge in [0.2, 0.25) is 0 Å². The topological polar surface area (TPSA) is 45.5 Å². The number of anilines is 1. The number of nitrogens with one attached hydrogen (secondary N) is 1. The minimum Gasteiger partial charge on any atom is -0.370 e. The zero-order chi connectivity index (χ0) is 21.2. The Labute approximate surface area is 192 Å². The summed E-state index contributed by atoms with van der Waals surface area (Å²) >= 11 is 8.26. The van der Waals surface area contributed by atoms with E-state index in [9.17, 15) is 0 Å². The second-order valence-corrected chi connectivity index (χ2v) is 9.48. The first kappa shape index (κ1) is 20.6. The number of likely N-dealkylation sites (tertiary alicyclic amines) is 1. The monoisotopic (exact) mass is 447 g/mol. The van der Waals surface area contributed by atoms with Gasteiger partial charge in [0.05, 0.1) is 5.69 Å². The zero-order valence-corrected chi connectivity index (χ0v) is 18.7. The van der Waals surface area contributed by atoms with E-state index >= 15 is 0 Å². The van der Waals surface area contributed by atoms with Crippen molar-refractivity contribution in [2.45, 2.75) is 19.4 Å². The van der Waals surface area contributed by atoms with E-state index in [-0.39, 0.29) is 0 Å². The summed E-state index contributed by atoms with van der Waals surface area (Å²) in [4.78, 5) is 8.71. The molecule has 1 aliphatic rings. The summed E-state index contributed by atoms with van der Waals surface area (Å²) < 4.78 is 1.78. The second kappa shape index (κ2) is 9.03. The van der Waals surface area contributed by atoms with E-state index in [1.165, 1.54) is 24.3 Å². The van der Waals surface area contributed by atoms with E-state index in [2.05, 4.69) is 32.8 Å². The summed E-state index contributed by atoms with van der Waals surface area (Å²) in [6.45, 7) is 4.18. The number of benzene rings is 1. The Hall–Kier alpha value is -2.35. The Kier molecular flexibility index (Phi) is 5.98. The second-order valence-electron chi connectivity index (χ2n) is 8.05. The predicted molar refractivity (Wildman–Crippen MR) is 130 cm³/mol.